The van der Waals surface area contributed by atoms with Crippen LogP contribution in [0.2, 0.25) is 0 Å². The van der Waals surface area contributed by atoms with Gasteiger partial charge in [-0.15, -0.1) is 11.3 Å². The minimum atomic E-state index is -0.626. The molecule has 2 atom stereocenters. The summed E-state index contributed by atoms with van der Waals surface area (Å²) < 4.78 is 0. The van der Waals surface area contributed by atoms with Crippen LogP contribution in [0, 0.1) is 0 Å². The second kappa shape index (κ2) is 8.36. The number of thiophene rings is 1. The molecule has 0 aliphatic heterocycles. The Morgan fingerprint density at radius 3 is 2.62 bits per heavy atom. The first-order valence-electron chi connectivity index (χ1n) is 9.03. The van der Waals surface area contributed by atoms with Gasteiger partial charge >= 0.3 is 6.03 Å². The van der Waals surface area contributed by atoms with Crippen LogP contribution in [0.3, 0.4) is 0 Å². The van der Waals surface area contributed by atoms with Gasteiger partial charge in [0, 0.05) is 4.88 Å². The van der Waals surface area contributed by atoms with E-state index in [2.05, 4.69) is 28.8 Å². The van der Waals surface area contributed by atoms with E-state index in [0.29, 0.717) is 0 Å². The lowest BCUT2D eigenvalue weighted by molar-refractivity contribution is -0.122. The number of rotatable bonds is 6. The zero-order chi connectivity index (χ0) is 18.5. The Labute approximate surface area is 158 Å². The number of carbonyl (C=O) groups is 2. The van der Waals surface area contributed by atoms with Gasteiger partial charge in [0.25, 0.3) is 0 Å². The Kier molecular flexibility index (Phi) is 5.93. The quantitative estimate of drug-likeness (QED) is 0.725. The van der Waals surface area contributed by atoms with Gasteiger partial charge in [0.1, 0.15) is 0 Å². The van der Waals surface area contributed by atoms with Crippen molar-refractivity contribution < 1.29 is 9.59 Å². The maximum atomic E-state index is 12.5. The molecular formula is C20H25N3O2S. The summed E-state index contributed by atoms with van der Waals surface area (Å²) in [5.74, 6) is -0.109. The number of amides is 3. The fourth-order valence-electron chi connectivity index (χ4n) is 3.48. The average molecular weight is 372 g/mol. The van der Waals surface area contributed by atoms with E-state index in [4.69, 9.17) is 5.73 Å². The highest BCUT2D eigenvalue weighted by atomic mass is 32.1. The maximum absolute atomic E-state index is 12.5. The number of fused-ring (bicyclic) bond motifs is 1. The highest BCUT2D eigenvalue weighted by Crippen LogP contribution is 2.26. The first kappa shape index (κ1) is 18.5. The Hall–Kier alpha value is -2.34. The van der Waals surface area contributed by atoms with Crippen LogP contribution >= 0.6 is 11.3 Å². The van der Waals surface area contributed by atoms with Crippen molar-refractivity contribution in [1.29, 1.82) is 0 Å². The molecule has 2 aromatic rings. The maximum Gasteiger partial charge on any atom is 0.312 e. The lowest BCUT2D eigenvalue weighted by Gasteiger charge is -2.21. The minimum absolute atomic E-state index is 0.0766. The summed E-state index contributed by atoms with van der Waals surface area (Å²) in [6, 6.07) is 9.20. The highest BCUT2D eigenvalue weighted by molar-refractivity contribution is 7.10. The lowest BCUT2D eigenvalue weighted by atomic mass is 9.89. The summed E-state index contributed by atoms with van der Waals surface area (Å²) in [7, 11) is 0. The van der Waals surface area contributed by atoms with Crippen LogP contribution in [0.5, 0.6) is 0 Å². The molecule has 1 heterocycles. The number of aryl methyl sites for hydroxylation is 2. The Morgan fingerprint density at radius 1 is 1.15 bits per heavy atom. The second-order valence-corrected chi connectivity index (χ2v) is 7.78. The van der Waals surface area contributed by atoms with Crippen LogP contribution in [0.4, 0.5) is 4.79 Å². The third-order valence-corrected chi connectivity index (χ3v) is 5.83. The fourth-order valence-corrected chi connectivity index (χ4v) is 4.25. The van der Waals surface area contributed by atoms with Crippen molar-refractivity contribution in [2.75, 3.05) is 0 Å². The number of benzene rings is 1. The number of carbonyl (C=O) groups excluding carboxylic acids is 2. The van der Waals surface area contributed by atoms with Crippen molar-refractivity contribution in [3.8, 4) is 0 Å². The molecule has 1 aromatic carbocycles. The smallest absolute Gasteiger partial charge is 0.312 e. The van der Waals surface area contributed by atoms with Crippen LogP contribution in [0.15, 0.2) is 35.7 Å². The molecule has 26 heavy (non-hydrogen) atoms. The first-order valence-corrected chi connectivity index (χ1v) is 9.91. The standard InChI is InChI=1S/C20H25N3O2S/c1-13(15-9-8-14-5-2-3-6-16(14)11-15)22-19(24)12-17(23-20(21)25)18-7-4-10-26-18/h4,7-11,13,17H,2-3,5-6,12H2,1H3,(H,22,24)(H3,21,23,25). The van der Waals surface area contributed by atoms with E-state index >= 15 is 0 Å². The monoisotopic (exact) mass is 371 g/mol. The molecule has 6 heteroatoms. The van der Waals surface area contributed by atoms with Crippen molar-refractivity contribution >= 4 is 23.3 Å². The van der Waals surface area contributed by atoms with E-state index in [9.17, 15) is 9.59 Å². The van der Waals surface area contributed by atoms with Crippen LogP contribution < -0.4 is 16.4 Å². The molecule has 4 N–H and O–H groups in total. The van der Waals surface area contributed by atoms with Gasteiger partial charge in [0.2, 0.25) is 5.91 Å². The zero-order valence-corrected chi connectivity index (χ0v) is 15.8. The van der Waals surface area contributed by atoms with Crippen molar-refractivity contribution in [2.45, 2.75) is 51.1 Å². The minimum Gasteiger partial charge on any atom is -0.352 e. The second-order valence-electron chi connectivity index (χ2n) is 6.81. The summed E-state index contributed by atoms with van der Waals surface area (Å²) in [6.07, 6.45) is 4.93. The van der Waals surface area contributed by atoms with Crippen molar-refractivity contribution in [2.24, 2.45) is 5.73 Å². The third-order valence-electron chi connectivity index (χ3n) is 4.84. The van der Waals surface area contributed by atoms with Gasteiger partial charge < -0.3 is 16.4 Å². The zero-order valence-electron chi connectivity index (χ0n) is 15.0. The molecular weight excluding hydrogens is 346 g/mol. The lowest BCUT2D eigenvalue weighted by Crippen LogP contribution is -2.36. The third kappa shape index (κ3) is 4.64. The summed E-state index contributed by atoms with van der Waals surface area (Å²) in [5.41, 5.74) is 9.21. The molecule has 138 valence electrons. The average Bonchev–Trinajstić information content (AvgIpc) is 3.15. The molecule has 1 aliphatic rings. The van der Waals surface area contributed by atoms with Gasteiger partial charge in [-0.3, -0.25) is 4.79 Å². The topological polar surface area (TPSA) is 84.2 Å². The van der Waals surface area contributed by atoms with Gasteiger partial charge in [0.15, 0.2) is 0 Å². The van der Waals surface area contributed by atoms with E-state index in [1.807, 2.05) is 24.4 Å². The molecule has 0 fully saturated rings. The van der Waals surface area contributed by atoms with E-state index in [1.165, 1.54) is 35.3 Å². The number of primary amides is 1. The predicted octanol–water partition coefficient (Wildman–Crippen LogP) is 3.60. The summed E-state index contributed by atoms with van der Waals surface area (Å²) in [4.78, 5) is 24.7. The molecule has 1 aromatic heterocycles. The predicted molar refractivity (Wildman–Crippen MR) is 104 cm³/mol. The summed E-state index contributed by atoms with van der Waals surface area (Å²) >= 11 is 1.50. The van der Waals surface area contributed by atoms with Crippen molar-refractivity contribution in [3.05, 3.63) is 57.3 Å². The molecule has 0 bridgehead atoms. The molecule has 1 aliphatic carbocycles. The Morgan fingerprint density at radius 2 is 1.92 bits per heavy atom. The summed E-state index contributed by atoms with van der Waals surface area (Å²) in [5, 5.41) is 7.61. The number of hydrogen-bond acceptors (Lipinski definition) is 3. The van der Waals surface area contributed by atoms with Crippen molar-refractivity contribution in [1.82, 2.24) is 10.6 Å². The molecule has 3 amide bonds. The van der Waals surface area contributed by atoms with Gasteiger partial charge in [-0.05, 0) is 60.7 Å². The van der Waals surface area contributed by atoms with E-state index < -0.39 is 12.1 Å². The van der Waals surface area contributed by atoms with Crippen LogP contribution in [-0.2, 0) is 17.6 Å². The van der Waals surface area contributed by atoms with Gasteiger partial charge in [-0.25, -0.2) is 4.79 Å². The van der Waals surface area contributed by atoms with Gasteiger partial charge in [0.05, 0.1) is 18.5 Å². The van der Waals surface area contributed by atoms with E-state index in [1.54, 1.807) is 0 Å². The molecule has 0 saturated carbocycles. The van der Waals surface area contributed by atoms with E-state index in [-0.39, 0.29) is 18.4 Å². The van der Waals surface area contributed by atoms with Crippen molar-refractivity contribution in [3.63, 3.8) is 0 Å². The highest BCUT2D eigenvalue weighted by Gasteiger charge is 2.20. The number of urea groups is 1. The normalized spacial score (nSPS) is 15.6. The molecule has 5 nitrogen and oxygen atoms in total. The Bertz CT molecular complexity index is 773. The number of nitrogens with one attached hydrogen (secondary N) is 2. The SMILES string of the molecule is CC(NC(=O)CC(NC(N)=O)c1cccs1)c1ccc2c(c1)CCCC2. The van der Waals surface area contributed by atoms with E-state index in [0.717, 1.165) is 23.3 Å². The van der Waals surface area contributed by atoms with Gasteiger partial charge in [-0.1, -0.05) is 24.3 Å². The molecule has 3 rings (SSSR count). The fraction of sp³-hybridized carbons (Fsp3) is 0.400. The molecule has 0 radical (unpaired) electrons. The largest absolute Gasteiger partial charge is 0.352 e. The Balaban J connectivity index is 1.63. The first-order chi connectivity index (χ1) is 12.5. The van der Waals surface area contributed by atoms with Gasteiger partial charge in [-0.2, -0.15) is 0 Å². The van der Waals surface area contributed by atoms with Crippen LogP contribution in [-0.4, -0.2) is 11.9 Å². The molecule has 2 unspecified atom stereocenters. The van der Waals surface area contributed by atoms with Crippen LogP contribution in [0.1, 0.15) is 59.8 Å². The number of nitrogens with two attached hydrogens (primary N) is 1. The summed E-state index contributed by atoms with van der Waals surface area (Å²) in [6.45, 7) is 1.99. The molecule has 0 spiro atoms. The van der Waals surface area contributed by atoms with Crippen LogP contribution in [0.25, 0.3) is 0 Å². The number of hydrogen-bond donors (Lipinski definition) is 3. The molecule has 0 saturated heterocycles.